The van der Waals surface area contributed by atoms with Crippen LogP contribution < -0.4 is 0 Å². The second kappa shape index (κ2) is 4.57. The van der Waals surface area contributed by atoms with Crippen molar-refractivity contribution in [1.82, 2.24) is 9.97 Å². The van der Waals surface area contributed by atoms with E-state index in [9.17, 15) is 4.79 Å². The van der Waals surface area contributed by atoms with Gasteiger partial charge in [-0.2, -0.15) is 0 Å². The number of carboxylic acids is 1. The van der Waals surface area contributed by atoms with Crippen molar-refractivity contribution >= 4 is 17.0 Å². The molecule has 0 aliphatic rings. The van der Waals surface area contributed by atoms with Gasteiger partial charge in [0.05, 0.1) is 16.6 Å². The van der Waals surface area contributed by atoms with E-state index in [4.69, 9.17) is 5.11 Å². The predicted octanol–water partition coefficient (Wildman–Crippen LogP) is 2.85. The highest BCUT2D eigenvalue weighted by Gasteiger charge is 2.11. The summed E-state index contributed by atoms with van der Waals surface area (Å²) in [4.78, 5) is 18.8. The number of aromatic nitrogens is 2. The Morgan fingerprint density at radius 1 is 1.11 bits per heavy atom. The zero-order valence-electron chi connectivity index (χ0n) is 10.1. The van der Waals surface area contributed by atoms with Crippen LogP contribution in [0.4, 0.5) is 0 Å². The molecule has 1 aromatic heterocycles. The highest BCUT2D eigenvalue weighted by Crippen LogP contribution is 2.16. The molecular weight excluding hydrogens is 240 g/mol. The predicted molar refractivity (Wildman–Crippen MR) is 72.3 cm³/mol. The smallest absolute Gasteiger partial charge is 0.335 e. The molecule has 0 unspecified atom stereocenters. The average Bonchev–Trinajstić information content (AvgIpc) is 2.81. The van der Waals surface area contributed by atoms with Gasteiger partial charge in [0.15, 0.2) is 0 Å². The van der Waals surface area contributed by atoms with Crippen LogP contribution in [-0.2, 0) is 6.42 Å². The van der Waals surface area contributed by atoms with Crippen molar-refractivity contribution < 1.29 is 9.90 Å². The van der Waals surface area contributed by atoms with E-state index < -0.39 is 5.97 Å². The number of hydrogen-bond donors (Lipinski definition) is 2. The summed E-state index contributed by atoms with van der Waals surface area (Å²) in [5, 5.41) is 9.15. The quantitative estimate of drug-likeness (QED) is 0.753. The summed E-state index contributed by atoms with van der Waals surface area (Å²) in [6.45, 7) is 0. The third-order valence-corrected chi connectivity index (χ3v) is 3.04. The average molecular weight is 252 g/mol. The van der Waals surface area contributed by atoms with Gasteiger partial charge in [-0.25, -0.2) is 9.78 Å². The van der Waals surface area contributed by atoms with E-state index in [1.807, 2.05) is 36.4 Å². The molecule has 0 saturated carbocycles. The molecule has 4 nitrogen and oxygen atoms in total. The van der Waals surface area contributed by atoms with Gasteiger partial charge in [-0.1, -0.05) is 30.3 Å². The van der Waals surface area contributed by atoms with Crippen molar-refractivity contribution in [3.05, 3.63) is 65.5 Å². The van der Waals surface area contributed by atoms with Gasteiger partial charge in [0, 0.05) is 6.42 Å². The third kappa shape index (κ3) is 2.20. The van der Waals surface area contributed by atoms with Gasteiger partial charge in [0.1, 0.15) is 5.82 Å². The van der Waals surface area contributed by atoms with Crippen LogP contribution in [0.5, 0.6) is 0 Å². The first-order valence-electron chi connectivity index (χ1n) is 5.99. The Morgan fingerprint density at radius 2 is 1.84 bits per heavy atom. The number of aromatic amines is 1. The molecule has 0 atom stereocenters. The van der Waals surface area contributed by atoms with Crippen LogP contribution in [0, 0.1) is 0 Å². The maximum atomic E-state index is 11.2. The molecule has 3 aromatic rings. The second-order valence-electron chi connectivity index (χ2n) is 4.34. The van der Waals surface area contributed by atoms with Crippen molar-refractivity contribution in [2.45, 2.75) is 6.42 Å². The highest BCUT2D eigenvalue weighted by atomic mass is 16.4. The fraction of sp³-hybridized carbons (Fsp3) is 0.0667. The minimum Gasteiger partial charge on any atom is -0.478 e. The fourth-order valence-electron chi connectivity index (χ4n) is 2.15. The highest BCUT2D eigenvalue weighted by molar-refractivity contribution is 5.89. The molecule has 0 fully saturated rings. The second-order valence-corrected chi connectivity index (χ2v) is 4.34. The molecule has 4 heteroatoms. The molecule has 0 radical (unpaired) electrons. The van der Waals surface area contributed by atoms with Crippen molar-refractivity contribution in [3.63, 3.8) is 0 Å². The van der Waals surface area contributed by atoms with Crippen molar-refractivity contribution in [1.29, 1.82) is 0 Å². The largest absolute Gasteiger partial charge is 0.478 e. The Morgan fingerprint density at radius 3 is 2.63 bits per heavy atom. The normalized spacial score (nSPS) is 10.7. The SMILES string of the molecule is O=C(O)c1ccccc1Cc1nc2ccccc2[nH]1. The van der Waals surface area contributed by atoms with Crippen LogP contribution in [0.15, 0.2) is 48.5 Å². The molecule has 0 spiro atoms. The molecule has 0 saturated heterocycles. The van der Waals surface area contributed by atoms with E-state index in [2.05, 4.69) is 9.97 Å². The lowest BCUT2D eigenvalue weighted by Gasteiger charge is -2.03. The molecule has 0 bridgehead atoms. The molecule has 0 aliphatic heterocycles. The molecule has 19 heavy (non-hydrogen) atoms. The van der Waals surface area contributed by atoms with Gasteiger partial charge in [0.2, 0.25) is 0 Å². The molecule has 94 valence electrons. The Balaban J connectivity index is 1.99. The van der Waals surface area contributed by atoms with E-state index in [-0.39, 0.29) is 0 Å². The molecular formula is C15H12N2O2. The zero-order chi connectivity index (χ0) is 13.2. The summed E-state index contributed by atoms with van der Waals surface area (Å²) in [7, 11) is 0. The number of aromatic carboxylic acids is 1. The molecule has 1 heterocycles. The van der Waals surface area contributed by atoms with Crippen molar-refractivity contribution in [2.75, 3.05) is 0 Å². The number of benzene rings is 2. The number of hydrogen-bond acceptors (Lipinski definition) is 2. The van der Waals surface area contributed by atoms with Gasteiger partial charge in [-0.15, -0.1) is 0 Å². The van der Waals surface area contributed by atoms with Gasteiger partial charge < -0.3 is 10.1 Å². The van der Waals surface area contributed by atoms with E-state index in [0.29, 0.717) is 12.0 Å². The number of nitrogens with zero attached hydrogens (tertiary/aromatic N) is 1. The minimum atomic E-state index is -0.910. The first-order chi connectivity index (χ1) is 9.24. The fourth-order valence-corrected chi connectivity index (χ4v) is 2.15. The number of para-hydroxylation sites is 2. The van der Waals surface area contributed by atoms with E-state index >= 15 is 0 Å². The minimum absolute atomic E-state index is 0.322. The maximum absolute atomic E-state index is 11.2. The van der Waals surface area contributed by atoms with Crippen LogP contribution in [0.1, 0.15) is 21.7 Å². The van der Waals surface area contributed by atoms with Gasteiger partial charge >= 0.3 is 5.97 Å². The van der Waals surface area contributed by atoms with Crippen LogP contribution in [0.2, 0.25) is 0 Å². The standard InChI is InChI=1S/C15H12N2O2/c18-15(19)11-6-2-1-5-10(11)9-14-16-12-7-3-4-8-13(12)17-14/h1-8H,9H2,(H,16,17)(H,18,19). The number of H-pyrrole nitrogens is 1. The van der Waals surface area contributed by atoms with Crippen LogP contribution in [0.25, 0.3) is 11.0 Å². The lowest BCUT2D eigenvalue weighted by Crippen LogP contribution is -2.03. The van der Waals surface area contributed by atoms with Crippen LogP contribution in [-0.4, -0.2) is 21.0 Å². The van der Waals surface area contributed by atoms with Crippen molar-refractivity contribution in [3.8, 4) is 0 Å². The first-order valence-corrected chi connectivity index (χ1v) is 5.99. The summed E-state index contributed by atoms with van der Waals surface area (Å²) < 4.78 is 0. The van der Waals surface area contributed by atoms with Crippen LogP contribution >= 0.6 is 0 Å². The Bertz CT molecular complexity index is 713. The summed E-state index contributed by atoms with van der Waals surface area (Å²) in [5.74, 6) is -0.137. The number of nitrogens with one attached hydrogen (secondary N) is 1. The number of rotatable bonds is 3. The Labute approximate surface area is 109 Å². The molecule has 2 aromatic carbocycles. The lowest BCUT2D eigenvalue weighted by molar-refractivity contribution is 0.0696. The number of carboxylic acid groups (broad SMARTS) is 1. The zero-order valence-corrected chi connectivity index (χ0v) is 10.1. The number of carbonyl (C=O) groups is 1. The van der Waals surface area contributed by atoms with Gasteiger partial charge in [-0.05, 0) is 23.8 Å². The number of fused-ring (bicyclic) bond motifs is 1. The molecule has 2 N–H and O–H groups in total. The van der Waals surface area contributed by atoms with E-state index in [1.165, 1.54) is 0 Å². The topological polar surface area (TPSA) is 66.0 Å². The first kappa shape index (κ1) is 11.5. The number of imidazole rings is 1. The maximum Gasteiger partial charge on any atom is 0.335 e. The molecule has 3 rings (SSSR count). The van der Waals surface area contributed by atoms with E-state index in [0.717, 1.165) is 22.4 Å². The molecule has 0 amide bonds. The monoisotopic (exact) mass is 252 g/mol. The Hall–Kier alpha value is -2.62. The summed E-state index contributed by atoms with van der Waals surface area (Å²) in [5.41, 5.74) is 2.94. The van der Waals surface area contributed by atoms with E-state index in [1.54, 1.807) is 12.1 Å². The van der Waals surface area contributed by atoms with Gasteiger partial charge in [0.25, 0.3) is 0 Å². The third-order valence-electron chi connectivity index (χ3n) is 3.04. The molecule has 0 aliphatic carbocycles. The Kier molecular flexibility index (Phi) is 2.76. The van der Waals surface area contributed by atoms with Gasteiger partial charge in [-0.3, -0.25) is 0 Å². The summed E-state index contributed by atoms with van der Waals surface area (Å²) in [6.07, 6.45) is 0.483. The van der Waals surface area contributed by atoms with Crippen LogP contribution in [0.3, 0.4) is 0 Å². The summed E-state index contributed by atoms with van der Waals surface area (Å²) in [6, 6.07) is 14.7. The van der Waals surface area contributed by atoms with Crippen molar-refractivity contribution in [2.24, 2.45) is 0 Å². The lowest BCUT2D eigenvalue weighted by atomic mass is 10.0. The summed E-state index contributed by atoms with van der Waals surface area (Å²) >= 11 is 0.